The topological polar surface area (TPSA) is 35.6 Å². The third kappa shape index (κ3) is 7.52. The van der Waals surface area contributed by atoms with Crippen molar-refractivity contribution in [3.05, 3.63) is 65.2 Å². The van der Waals surface area contributed by atoms with E-state index >= 15 is 0 Å². The Kier molecular flexibility index (Phi) is 10.5. The molecule has 1 amide bonds. The molecule has 9 heteroatoms. The molecule has 0 saturated carbocycles. The molecular weight excluding hydrogens is 486 g/mol. The van der Waals surface area contributed by atoms with E-state index in [1.54, 1.807) is 6.07 Å². The van der Waals surface area contributed by atoms with Crippen LogP contribution in [0.15, 0.2) is 48.5 Å². The molecule has 34 heavy (non-hydrogen) atoms. The minimum atomic E-state index is -4.30. The first-order valence-electron chi connectivity index (χ1n) is 11.4. The summed E-state index contributed by atoms with van der Waals surface area (Å²) in [7, 11) is 0. The van der Waals surface area contributed by atoms with Crippen molar-refractivity contribution in [1.82, 2.24) is 10.2 Å². The van der Waals surface area contributed by atoms with Gasteiger partial charge in [-0.3, -0.25) is 9.69 Å². The van der Waals surface area contributed by atoms with Crippen LogP contribution in [0, 0.1) is 0 Å². The quantitative estimate of drug-likeness (QED) is 0.482. The second kappa shape index (κ2) is 12.7. The highest BCUT2D eigenvalue weighted by molar-refractivity contribution is 5.85. The van der Waals surface area contributed by atoms with Gasteiger partial charge >= 0.3 is 6.18 Å². The zero-order chi connectivity index (χ0) is 22.6. The summed E-state index contributed by atoms with van der Waals surface area (Å²) in [4.78, 5) is 15.8. The highest BCUT2D eigenvalue weighted by atomic mass is 35.5. The molecule has 0 aliphatic carbocycles. The van der Waals surface area contributed by atoms with Gasteiger partial charge in [-0.15, -0.1) is 24.8 Å². The van der Waals surface area contributed by atoms with E-state index < -0.39 is 11.7 Å². The summed E-state index contributed by atoms with van der Waals surface area (Å²) in [5.74, 6) is 0.134. The molecule has 2 aliphatic rings. The van der Waals surface area contributed by atoms with E-state index in [0.29, 0.717) is 12.1 Å². The molecule has 1 N–H and O–H groups in total. The molecule has 2 aromatic carbocycles. The molecule has 2 aromatic rings. The Morgan fingerprint density at radius 3 is 2.26 bits per heavy atom. The molecule has 4 rings (SSSR count). The number of nitrogens with one attached hydrogen (secondary N) is 1. The zero-order valence-electron chi connectivity index (χ0n) is 19.0. The second-order valence-corrected chi connectivity index (χ2v) is 8.73. The predicted octanol–water partition coefficient (Wildman–Crippen LogP) is 5.65. The van der Waals surface area contributed by atoms with Crippen LogP contribution in [0.5, 0.6) is 0 Å². The summed E-state index contributed by atoms with van der Waals surface area (Å²) >= 11 is 0. The molecule has 1 atom stereocenters. The molecular formula is C25H32Cl2F3N3O. The maximum absolute atomic E-state index is 13.0. The van der Waals surface area contributed by atoms with Crippen LogP contribution in [0.3, 0.4) is 0 Å². The molecule has 2 saturated heterocycles. The lowest BCUT2D eigenvalue weighted by Gasteiger charge is -2.36. The summed E-state index contributed by atoms with van der Waals surface area (Å²) in [5, 5.41) is 3.00. The van der Waals surface area contributed by atoms with E-state index in [-0.39, 0.29) is 36.8 Å². The van der Waals surface area contributed by atoms with Crippen LogP contribution < -0.4 is 10.2 Å². The number of carbonyl (C=O) groups is 1. The van der Waals surface area contributed by atoms with E-state index in [9.17, 15) is 18.0 Å². The van der Waals surface area contributed by atoms with Crippen molar-refractivity contribution < 1.29 is 18.0 Å². The second-order valence-electron chi connectivity index (χ2n) is 8.73. The number of nitrogens with zero attached hydrogens (tertiary/aromatic N) is 2. The summed E-state index contributed by atoms with van der Waals surface area (Å²) in [6.07, 6.45) is 0.420. The molecule has 0 spiro atoms. The minimum Gasteiger partial charge on any atom is -0.369 e. The van der Waals surface area contributed by atoms with Crippen molar-refractivity contribution in [2.24, 2.45) is 0 Å². The zero-order valence-corrected chi connectivity index (χ0v) is 20.7. The van der Waals surface area contributed by atoms with Crippen LogP contribution in [0.1, 0.15) is 48.4 Å². The van der Waals surface area contributed by atoms with E-state index in [0.717, 1.165) is 64.5 Å². The Morgan fingerprint density at radius 1 is 0.941 bits per heavy atom. The van der Waals surface area contributed by atoms with Crippen molar-refractivity contribution in [3.63, 3.8) is 0 Å². The van der Waals surface area contributed by atoms with Crippen molar-refractivity contribution in [2.75, 3.05) is 37.6 Å². The number of hydrogen-bond acceptors (Lipinski definition) is 3. The van der Waals surface area contributed by atoms with Gasteiger partial charge in [0.2, 0.25) is 5.91 Å². The number of rotatable bonds is 7. The highest BCUT2D eigenvalue weighted by Crippen LogP contribution is 2.32. The summed E-state index contributed by atoms with van der Waals surface area (Å²) in [6.45, 7) is 4.26. The van der Waals surface area contributed by atoms with Gasteiger partial charge in [0.25, 0.3) is 0 Å². The maximum Gasteiger partial charge on any atom is 0.416 e. The first kappa shape index (κ1) is 28.3. The minimum absolute atomic E-state index is 0. The molecule has 1 unspecified atom stereocenters. The number of unbranched alkanes of at least 4 members (excludes halogenated alkanes) is 1. The van der Waals surface area contributed by atoms with Crippen molar-refractivity contribution in [1.29, 1.82) is 0 Å². The molecule has 2 heterocycles. The van der Waals surface area contributed by atoms with Crippen LogP contribution >= 0.6 is 24.8 Å². The molecule has 0 aromatic heterocycles. The lowest BCUT2D eigenvalue weighted by molar-refractivity contribution is -0.137. The third-order valence-corrected chi connectivity index (χ3v) is 6.48. The van der Waals surface area contributed by atoms with Crippen LogP contribution in [-0.2, 0) is 17.4 Å². The van der Waals surface area contributed by atoms with Crippen molar-refractivity contribution in [3.8, 4) is 0 Å². The fourth-order valence-electron chi connectivity index (χ4n) is 4.55. The van der Waals surface area contributed by atoms with Gasteiger partial charge in [0.15, 0.2) is 0 Å². The Bertz CT molecular complexity index is 916. The van der Waals surface area contributed by atoms with Crippen LogP contribution in [0.2, 0.25) is 0 Å². The molecule has 0 bridgehead atoms. The van der Waals surface area contributed by atoms with Crippen molar-refractivity contribution >= 4 is 36.4 Å². The Morgan fingerprint density at radius 2 is 1.65 bits per heavy atom. The fourth-order valence-corrected chi connectivity index (χ4v) is 4.55. The van der Waals surface area contributed by atoms with Crippen molar-refractivity contribution in [2.45, 2.75) is 44.3 Å². The van der Waals surface area contributed by atoms with E-state index in [2.05, 4.69) is 34.5 Å². The number of amides is 1. The standard InChI is InChI=1S/C25H30F3N3O.2ClH/c26-25(27,28)21-5-3-6-22(18-21)31-16-14-30(15-17-31)13-2-1-4-19-7-9-20(10-8-19)23-11-12-24(32)29-23;;/h3,5-10,18,23H,1-2,4,11-17H2,(H,29,32);2*1H. The number of alkyl halides is 3. The largest absolute Gasteiger partial charge is 0.416 e. The average Bonchev–Trinajstić information content (AvgIpc) is 3.23. The summed E-state index contributed by atoms with van der Waals surface area (Å²) in [5.41, 5.74) is 2.56. The average molecular weight is 518 g/mol. The van der Waals surface area contributed by atoms with Gasteiger partial charge in [0.1, 0.15) is 0 Å². The van der Waals surface area contributed by atoms with Crippen LogP contribution in [0.25, 0.3) is 0 Å². The number of anilines is 1. The van der Waals surface area contributed by atoms with E-state index in [1.165, 1.54) is 23.3 Å². The predicted molar refractivity (Wildman–Crippen MR) is 134 cm³/mol. The van der Waals surface area contributed by atoms with E-state index in [4.69, 9.17) is 0 Å². The molecule has 188 valence electrons. The fraction of sp³-hybridized carbons (Fsp3) is 0.480. The molecule has 0 radical (unpaired) electrons. The van der Waals surface area contributed by atoms with Gasteiger partial charge in [0.05, 0.1) is 11.6 Å². The Labute approximate surface area is 211 Å². The number of hydrogen-bond donors (Lipinski definition) is 1. The van der Waals surface area contributed by atoms with Gasteiger partial charge in [0, 0.05) is 38.3 Å². The number of halogens is 5. The van der Waals surface area contributed by atoms with Gasteiger partial charge in [-0.05, 0) is 61.6 Å². The Balaban J connectivity index is 0.00000204. The summed E-state index contributed by atoms with van der Waals surface area (Å²) < 4.78 is 38.9. The smallest absolute Gasteiger partial charge is 0.369 e. The monoisotopic (exact) mass is 517 g/mol. The molecule has 4 nitrogen and oxygen atoms in total. The molecule has 2 fully saturated rings. The van der Waals surface area contributed by atoms with Crippen LogP contribution in [0.4, 0.5) is 18.9 Å². The van der Waals surface area contributed by atoms with Crippen LogP contribution in [-0.4, -0.2) is 43.5 Å². The SMILES string of the molecule is Cl.Cl.O=C1CCC(c2ccc(CCCCN3CCN(c4cccc(C(F)(F)F)c4)CC3)cc2)N1. The number of carbonyl (C=O) groups excluding carboxylic acids is 1. The van der Waals surface area contributed by atoms with Gasteiger partial charge in [-0.2, -0.15) is 13.2 Å². The number of aryl methyl sites for hydroxylation is 1. The lowest BCUT2D eigenvalue weighted by Crippen LogP contribution is -2.46. The number of benzene rings is 2. The van der Waals surface area contributed by atoms with Gasteiger partial charge in [-0.1, -0.05) is 30.3 Å². The Hall–Kier alpha value is -1.96. The normalized spacial score (nSPS) is 18.7. The maximum atomic E-state index is 13.0. The first-order valence-corrected chi connectivity index (χ1v) is 11.4. The highest BCUT2D eigenvalue weighted by Gasteiger charge is 2.31. The first-order chi connectivity index (χ1) is 15.4. The summed E-state index contributed by atoms with van der Waals surface area (Å²) in [6, 6.07) is 14.4. The van der Waals surface area contributed by atoms with Gasteiger partial charge in [-0.25, -0.2) is 0 Å². The van der Waals surface area contributed by atoms with E-state index in [1.807, 2.05) is 4.90 Å². The van der Waals surface area contributed by atoms with Gasteiger partial charge < -0.3 is 10.2 Å². The lowest BCUT2D eigenvalue weighted by atomic mass is 10.0. The number of piperazine rings is 1. The molecule has 2 aliphatic heterocycles. The third-order valence-electron chi connectivity index (χ3n) is 6.48.